The largest absolute Gasteiger partial charge is 0.398 e. The Kier molecular flexibility index (Phi) is 2.92. The molecule has 1 aromatic rings. The molecule has 1 rings (SSSR count). The maximum Gasteiger partial charge on any atom is 0.162 e. The maximum absolute atomic E-state index is 8.91. The third-order valence-electron chi connectivity index (χ3n) is 2.26. The van der Waals surface area contributed by atoms with Crippen LogP contribution in [0, 0.1) is 11.3 Å². The van der Waals surface area contributed by atoms with Crippen molar-refractivity contribution in [2.75, 3.05) is 11.6 Å². The fourth-order valence-electron chi connectivity index (χ4n) is 1.11. The van der Waals surface area contributed by atoms with E-state index in [1.165, 1.54) is 0 Å². The van der Waals surface area contributed by atoms with E-state index in [0.29, 0.717) is 5.69 Å². The van der Waals surface area contributed by atoms with E-state index in [1.54, 1.807) is 6.20 Å². The number of anilines is 1. The van der Waals surface area contributed by atoms with Gasteiger partial charge in [-0.25, -0.2) is 4.98 Å². The monoisotopic (exact) mass is 205 g/mol. The fourth-order valence-corrected chi connectivity index (χ4v) is 2.02. The summed E-state index contributed by atoms with van der Waals surface area (Å²) in [4.78, 5) is 4.05. The van der Waals surface area contributed by atoms with Gasteiger partial charge in [0.1, 0.15) is 14.3 Å². The summed E-state index contributed by atoms with van der Waals surface area (Å²) in [5.41, 5.74) is 1.45. The van der Waals surface area contributed by atoms with Crippen molar-refractivity contribution >= 4 is 13.9 Å². The van der Waals surface area contributed by atoms with Crippen LogP contribution in [-0.2, 0) is 0 Å². The lowest BCUT2D eigenvalue weighted by atomic mass is 10.3. The number of hydrogen-bond donors (Lipinski definition) is 0. The summed E-state index contributed by atoms with van der Waals surface area (Å²) in [5, 5.41) is 8.91. The van der Waals surface area contributed by atoms with Gasteiger partial charge >= 0.3 is 0 Å². The number of hydrogen-bond acceptors (Lipinski definition) is 3. The number of aromatic nitrogens is 1. The van der Waals surface area contributed by atoms with Crippen LogP contribution in [0.4, 0.5) is 5.69 Å². The molecule has 0 aliphatic rings. The van der Waals surface area contributed by atoms with E-state index in [9.17, 15) is 0 Å². The average molecular weight is 205 g/mol. The van der Waals surface area contributed by atoms with Crippen molar-refractivity contribution in [2.45, 2.75) is 19.6 Å². The van der Waals surface area contributed by atoms with Gasteiger partial charge in [0.2, 0.25) is 0 Å². The Morgan fingerprint density at radius 2 is 2.07 bits per heavy atom. The fraction of sp³-hybridized carbons (Fsp3) is 0.400. The van der Waals surface area contributed by atoms with Crippen LogP contribution in [0.15, 0.2) is 18.3 Å². The van der Waals surface area contributed by atoms with E-state index in [1.807, 2.05) is 19.2 Å². The maximum atomic E-state index is 8.91. The molecule has 4 heteroatoms. The van der Waals surface area contributed by atoms with Gasteiger partial charge in [0.25, 0.3) is 0 Å². The molecule has 0 unspecified atom stereocenters. The molecule has 0 amide bonds. The van der Waals surface area contributed by atoms with E-state index in [2.05, 4.69) is 35.3 Å². The van der Waals surface area contributed by atoms with Crippen LogP contribution in [0.5, 0.6) is 0 Å². The number of pyridine rings is 1. The third kappa shape index (κ3) is 2.12. The van der Waals surface area contributed by atoms with Crippen molar-refractivity contribution in [3.05, 3.63) is 24.0 Å². The van der Waals surface area contributed by atoms with Crippen LogP contribution in [0.1, 0.15) is 5.69 Å². The summed E-state index contributed by atoms with van der Waals surface area (Å²) in [5.74, 6) is 0. The van der Waals surface area contributed by atoms with E-state index in [0.717, 1.165) is 5.69 Å². The highest BCUT2D eigenvalue weighted by atomic mass is 28.3. The molecule has 0 bridgehead atoms. The van der Waals surface area contributed by atoms with Gasteiger partial charge in [-0.05, 0) is 19.2 Å². The summed E-state index contributed by atoms with van der Waals surface area (Å²) < 4.78 is 2.19. The predicted molar refractivity (Wildman–Crippen MR) is 60.7 cm³/mol. The molecule has 0 saturated carbocycles. The quantitative estimate of drug-likeness (QED) is 0.695. The number of rotatable bonds is 2. The minimum absolute atomic E-state index is 0.512. The van der Waals surface area contributed by atoms with Crippen molar-refractivity contribution < 1.29 is 0 Å². The summed E-state index contributed by atoms with van der Waals surface area (Å²) in [6.45, 7) is 6.71. The van der Waals surface area contributed by atoms with Crippen LogP contribution in [0.25, 0.3) is 0 Å². The summed E-state index contributed by atoms with van der Waals surface area (Å²) in [7, 11) is 0.625. The highest BCUT2D eigenvalue weighted by Crippen LogP contribution is 2.21. The Morgan fingerprint density at radius 1 is 1.43 bits per heavy atom. The smallest absolute Gasteiger partial charge is 0.162 e. The van der Waals surface area contributed by atoms with Gasteiger partial charge in [0.05, 0.1) is 5.69 Å². The summed E-state index contributed by atoms with van der Waals surface area (Å²) >= 11 is 0. The second-order valence-corrected chi connectivity index (χ2v) is 9.23. The molecule has 0 aliphatic heterocycles. The van der Waals surface area contributed by atoms with E-state index < -0.39 is 8.24 Å². The normalized spacial score (nSPS) is 10.8. The first-order chi connectivity index (χ1) is 6.46. The Bertz CT molecular complexity index is 362. The van der Waals surface area contributed by atoms with Crippen LogP contribution >= 0.6 is 0 Å². The molecule has 0 radical (unpaired) electrons. The van der Waals surface area contributed by atoms with Gasteiger partial charge in [-0.3, -0.25) is 0 Å². The molecule has 1 heterocycles. The summed E-state index contributed by atoms with van der Waals surface area (Å²) in [6.07, 6.45) is 1.65. The second-order valence-electron chi connectivity index (χ2n) is 4.21. The van der Waals surface area contributed by atoms with Crippen LogP contribution in [-0.4, -0.2) is 20.3 Å². The number of nitriles is 1. The average Bonchev–Trinajstić information content (AvgIpc) is 2.15. The van der Waals surface area contributed by atoms with E-state index >= 15 is 0 Å². The summed E-state index contributed by atoms with van der Waals surface area (Å²) in [6, 6.07) is 5.93. The van der Waals surface area contributed by atoms with Gasteiger partial charge in [-0.1, -0.05) is 19.6 Å². The number of nitrogens with zero attached hydrogens (tertiary/aromatic N) is 3. The molecular weight excluding hydrogens is 190 g/mol. The Morgan fingerprint density at radius 3 is 2.57 bits per heavy atom. The minimum Gasteiger partial charge on any atom is -0.398 e. The Labute approximate surface area is 86.1 Å². The van der Waals surface area contributed by atoms with Crippen molar-refractivity contribution in [1.29, 1.82) is 5.26 Å². The second kappa shape index (κ2) is 3.80. The van der Waals surface area contributed by atoms with Crippen molar-refractivity contribution in [1.82, 2.24) is 4.98 Å². The first-order valence-electron chi connectivity index (χ1n) is 4.56. The van der Waals surface area contributed by atoms with Gasteiger partial charge < -0.3 is 4.57 Å². The molecule has 0 aromatic carbocycles. The highest BCUT2D eigenvalue weighted by molar-refractivity contribution is 6.79. The van der Waals surface area contributed by atoms with E-state index in [-0.39, 0.29) is 0 Å². The van der Waals surface area contributed by atoms with Crippen LogP contribution in [0.3, 0.4) is 0 Å². The van der Waals surface area contributed by atoms with Gasteiger partial charge in [0.15, 0.2) is 5.69 Å². The predicted octanol–water partition coefficient (Wildman–Crippen LogP) is 2.22. The van der Waals surface area contributed by atoms with Gasteiger partial charge in [-0.2, -0.15) is 5.26 Å². The third-order valence-corrected chi connectivity index (χ3v) is 4.51. The molecule has 0 fully saturated rings. The lowest BCUT2D eigenvalue weighted by Gasteiger charge is -2.32. The first-order valence-corrected chi connectivity index (χ1v) is 8.00. The van der Waals surface area contributed by atoms with Crippen molar-refractivity contribution in [3.63, 3.8) is 0 Å². The molecule has 1 aromatic heterocycles. The molecule has 14 heavy (non-hydrogen) atoms. The van der Waals surface area contributed by atoms with Crippen molar-refractivity contribution in [2.24, 2.45) is 0 Å². The molecular formula is C10H15N3Si. The SMILES string of the molecule is CN(c1cccnc1C#N)[Si](C)(C)C. The van der Waals surface area contributed by atoms with Crippen molar-refractivity contribution in [3.8, 4) is 6.07 Å². The Hall–Kier alpha value is -1.34. The minimum atomic E-state index is -1.41. The van der Waals surface area contributed by atoms with E-state index in [4.69, 9.17) is 5.26 Å². The Balaban J connectivity index is 3.14. The first kappa shape index (κ1) is 10.7. The van der Waals surface area contributed by atoms with Crippen LogP contribution in [0.2, 0.25) is 19.6 Å². The zero-order chi connectivity index (χ0) is 10.8. The lowest BCUT2D eigenvalue weighted by molar-refractivity contribution is 1.17. The molecule has 0 N–H and O–H groups in total. The van der Waals surface area contributed by atoms with Gasteiger partial charge in [0, 0.05) is 6.20 Å². The molecule has 0 aliphatic carbocycles. The highest BCUT2D eigenvalue weighted by Gasteiger charge is 2.22. The molecule has 0 spiro atoms. The standard InChI is InChI=1S/C10H15N3Si/c1-13(14(2,3)4)10-6-5-7-12-9(10)8-11/h5-7H,1-4H3. The molecule has 0 saturated heterocycles. The zero-order valence-electron chi connectivity index (χ0n) is 9.07. The lowest BCUT2D eigenvalue weighted by Crippen LogP contribution is -2.43. The molecule has 3 nitrogen and oxygen atoms in total. The molecule has 0 atom stereocenters. The van der Waals surface area contributed by atoms with Crippen LogP contribution < -0.4 is 4.57 Å². The zero-order valence-corrected chi connectivity index (χ0v) is 10.1. The molecule has 74 valence electrons. The topological polar surface area (TPSA) is 39.9 Å². The van der Waals surface area contributed by atoms with Gasteiger partial charge in [-0.15, -0.1) is 0 Å².